The number of Topliss-reactive ketones (excluding diaryl/α,β-unsaturated/α-hetero) is 1. The fourth-order valence-corrected chi connectivity index (χ4v) is 4.23. The molecule has 6 nitrogen and oxygen atoms in total. The van der Waals surface area contributed by atoms with Gasteiger partial charge in [-0.05, 0) is 30.4 Å². The third kappa shape index (κ3) is 3.09. The summed E-state index contributed by atoms with van der Waals surface area (Å²) in [4.78, 5) is 12.9. The average Bonchev–Trinajstić information content (AvgIpc) is 3.13. The van der Waals surface area contributed by atoms with E-state index in [4.69, 9.17) is 9.84 Å². The molecular weight excluding hydrogens is 376 g/mol. The van der Waals surface area contributed by atoms with E-state index in [-0.39, 0.29) is 11.7 Å². The predicted octanol–water partition coefficient (Wildman–Crippen LogP) is 4.16. The van der Waals surface area contributed by atoms with Crippen molar-refractivity contribution in [2.45, 2.75) is 32.3 Å². The van der Waals surface area contributed by atoms with Gasteiger partial charge in [-0.1, -0.05) is 60.2 Å². The lowest BCUT2D eigenvalue weighted by molar-refractivity contribution is 0.0955. The van der Waals surface area contributed by atoms with Crippen LogP contribution < -0.4 is 0 Å². The van der Waals surface area contributed by atoms with Crippen molar-refractivity contribution in [2.75, 3.05) is 7.11 Å². The molecule has 0 amide bonds. The van der Waals surface area contributed by atoms with Crippen molar-refractivity contribution in [1.82, 2.24) is 19.8 Å². The second-order valence-corrected chi connectivity index (χ2v) is 7.79. The van der Waals surface area contributed by atoms with Crippen molar-refractivity contribution >= 4 is 11.4 Å². The van der Waals surface area contributed by atoms with Gasteiger partial charge >= 0.3 is 0 Å². The summed E-state index contributed by atoms with van der Waals surface area (Å²) >= 11 is 0. The number of ether oxygens (including phenoxy) is 1. The van der Waals surface area contributed by atoms with Crippen LogP contribution in [0.4, 0.5) is 0 Å². The zero-order valence-electron chi connectivity index (χ0n) is 17.0. The first-order valence-corrected chi connectivity index (χ1v) is 10.1. The van der Waals surface area contributed by atoms with Crippen LogP contribution in [-0.4, -0.2) is 32.7 Å². The second-order valence-electron chi connectivity index (χ2n) is 7.79. The molecule has 0 aliphatic heterocycles. The predicted molar refractivity (Wildman–Crippen MR) is 114 cm³/mol. The molecule has 6 heteroatoms. The smallest absolute Gasteiger partial charge is 0.185 e. The van der Waals surface area contributed by atoms with Gasteiger partial charge in [0.25, 0.3) is 0 Å². The zero-order chi connectivity index (χ0) is 20.7. The van der Waals surface area contributed by atoms with E-state index in [0.717, 1.165) is 28.1 Å². The molecule has 5 rings (SSSR count). The van der Waals surface area contributed by atoms with E-state index in [1.54, 1.807) is 11.6 Å². The van der Waals surface area contributed by atoms with Crippen LogP contribution in [0.5, 0.6) is 0 Å². The zero-order valence-corrected chi connectivity index (χ0v) is 17.0. The van der Waals surface area contributed by atoms with Gasteiger partial charge in [-0.15, -0.1) is 10.2 Å². The van der Waals surface area contributed by atoms with Crippen molar-refractivity contribution in [1.29, 1.82) is 0 Å². The number of hydrogen-bond donors (Lipinski definition) is 0. The number of carbonyl (C=O) groups is 1. The summed E-state index contributed by atoms with van der Waals surface area (Å²) in [7, 11) is 1.65. The molecule has 2 aromatic carbocycles. The Morgan fingerprint density at radius 2 is 1.80 bits per heavy atom. The van der Waals surface area contributed by atoms with Crippen molar-refractivity contribution in [3.8, 4) is 11.1 Å². The van der Waals surface area contributed by atoms with E-state index in [1.165, 1.54) is 5.56 Å². The van der Waals surface area contributed by atoms with Gasteiger partial charge in [-0.3, -0.25) is 4.79 Å². The summed E-state index contributed by atoms with van der Waals surface area (Å²) in [6.07, 6.45) is 1.13. The van der Waals surface area contributed by atoms with Gasteiger partial charge in [0.2, 0.25) is 0 Å². The molecule has 0 N–H and O–H groups in total. The van der Waals surface area contributed by atoms with E-state index in [1.807, 2.05) is 30.3 Å². The number of benzene rings is 2. The standard InChI is InChI=1S/C24H22N4O2/c1-15-8-10-16(11-9-15)18-12-20-23(21(29)13-18)25-26-24-22(17-6-4-3-5-7-17)19(14-30-2)27-28(20)24/h3-11,18H,12-14H2,1-2H3. The lowest BCUT2D eigenvalue weighted by Crippen LogP contribution is -2.24. The minimum absolute atomic E-state index is 0.0151. The topological polar surface area (TPSA) is 69.4 Å². The Morgan fingerprint density at radius 3 is 2.53 bits per heavy atom. The Balaban J connectivity index is 1.67. The highest BCUT2D eigenvalue weighted by Crippen LogP contribution is 2.34. The van der Waals surface area contributed by atoms with Crippen LogP contribution >= 0.6 is 0 Å². The molecule has 0 radical (unpaired) electrons. The van der Waals surface area contributed by atoms with Crippen LogP contribution in [0, 0.1) is 6.92 Å². The number of methoxy groups -OCH3 is 1. The highest BCUT2D eigenvalue weighted by Gasteiger charge is 2.31. The number of fused-ring (bicyclic) bond motifs is 3. The molecule has 0 spiro atoms. The molecule has 1 aliphatic rings. The van der Waals surface area contributed by atoms with Gasteiger partial charge in [-0.25, -0.2) is 4.52 Å². The number of hydrogen-bond acceptors (Lipinski definition) is 5. The molecule has 30 heavy (non-hydrogen) atoms. The SMILES string of the molecule is COCc1nn2c3c(nnc2c1-c1ccccc1)C(=O)CC(c1ccc(C)cc1)C3. The van der Waals surface area contributed by atoms with Crippen molar-refractivity contribution < 1.29 is 9.53 Å². The minimum Gasteiger partial charge on any atom is -0.378 e. The van der Waals surface area contributed by atoms with Gasteiger partial charge in [0.1, 0.15) is 0 Å². The molecule has 2 heterocycles. The van der Waals surface area contributed by atoms with E-state index < -0.39 is 0 Å². The average molecular weight is 398 g/mol. The maximum absolute atomic E-state index is 12.9. The Hall–Kier alpha value is -3.38. The summed E-state index contributed by atoms with van der Waals surface area (Å²) in [5, 5.41) is 13.5. The van der Waals surface area contributed by atoms with E-state index >= 15 is 0 Å². The Kier molecular flexibility index (Phi) is 4.64. The van der Waals surface area contributed by atoms with Gasteiger partial charge in [0.05, 0.1) is 23.6 Å². The summed E-state index contributed by atoms with van der Waals surface area (Å²) in [5.41, 5.74) is 6.97. The first kappa shape index (κ1) is 18.6. The van der Waals surface area contributed by atoms with E-state index in [2.05, 4.69) is 41.4 Å². The normalized spacial score (nSPS) is 16.1. The maximum Gasteiger partial charge on any atom is 0.185 e. The summed E-state index contributed by atoms with van der Waals surface area (Å²) in [6, 6.07) is 18.4. The first-order chi connectivity index (χ1) is 14.7. The van der Waals surface area contributed by atoms with E-state index in [9.17, 15) is 4.79 Å². The third-order valence-corrected chi connectivity index (χ3v) is 5.74. The number of carbonyl (C=O) groups excluding carboxylic acids is 1. The number of aryl methyl sites for hydroxylation is 1. The fourth-order valence-electron chi connectivity index (χ4n) is 4.23. The third-order valence-electron chi connectivity index (χ3n) is 5.74. The van der Waals surface area contributed by atoms with Crippen LogP contribution in [0.15, 0.2) is 54.6 Å². The molecule has 150 valence electrons. The molecular formula is C24H22N4O2. The van der Waals surface area contributed by atoms with Crippen molar-refractivity contribution in [3.63, 3.8) is 0 Å². The highest BCUT2D eigenvalue weighted by molar-refractivity contribution is 5.97. The lowest BCUT2D eigenvalue weighted by Gasteiger charge is -2.23. The molecule has 1 atom stereocenters. The minimum atomic E-state index is 0.0151. The van der Waals surface area contributed by atoms with Crippen LogP contribution in [0.1, 0.15) is 45.3 Å². The molecule has 0 bridgehead atoms. The van der Waals surface area contributed by atoms with E-state index in [0.29, 0.717) is 30.8 Å². The van der Waals surface area contributed by atoms with Crippen LogP contribution in [0.2, 0.25) is 0 Å². The Labute approximate surface area is 174 Å². The largest absolute Gasteiger partial charge is 0.378 e. The highest BCUT2D eigenvalue weighted by atomic mass is 16.5. The number of ketones is 1. The fraction of sp³-hybridized carbons (Fsp3) is 0.250. The van der Waals surface area contributed by atoms with Gasteiger partial charge in [-0.2, -0.15) is 5.10 Å². The Bertz CT molecular complexity index is 1230. The quantitative estimate of drug-likeness (QED) is 0.516. The second kappa shape index (κ2) is 7.46. The summed E-state index contributed by atoms with van der Waals surface area (Å²) in [5.74, 6) is 0.120. The van der Waals surface area contributed by atoms with Gasteiger partial charge < -0.3 is 4.74 Å². The number of aromatic nitrogens is 4. The number of rotatable bonds is 4. The molecule has 0 saturated heterocycles. The lowest BCUT2D eigenvalue weighted by atomic mass is 9.83. The molecule has 0 fully saturated rings. The van der Waals surface area contributed by atoms with Gasteiger partial charge in [0.15, 0.2) is 17.1 Å². The molecule has 1 aliphatic carbocycles. The maximum atomic E-state index is 12.9. The van der Waals surface area contributed by atoms with Crippen LogP contribution in [0.3, 0.4) is 0 Å². The van der Waals surface area contributed by atoms with Crippen molar-refractivity contribution in [3.05, 3.63) is 82.8 Å². The summed E-state index contributed by atoms with van der Waals surface area (Å²) < 4.78 is 7.20. The summed E-state index contributed by atoms with van der Waals surface area (Å²) in [6.45, 7) is 2.42. The van der Waals surface area contributed by atoms with Gasteiger partial charge in [0, 0.05) is 13.5 Å². The first-order valence-electron chi connectivity index (χ1n) is 10.1. The molecule has 2 aromatic heterocycles. The van der Waals surface area contributed by atoms with Crippen molar-refractivity contribution in [2.24, 2.45) is 0 Å². The molecule has 0 saturated carbocycles. The van der Waals surface area contributed by atoms with Crippen LogP contribution in [0.25, 0.3) is 16.8 Å². The monoisotopic (exact) mass is 398 g/mol. The molecule has 4 aromatic rings. The van der Waals surface area contributed by atoms with Crippen LogP contribution in [-0.2, 0) is 17.8 Å². The Morgan fingerprint density at radius 1 is 1.03 bits per heavy atom. The molecule has 1 unspecified atom stereocenters. The number of nitrogens with zero attached hydrogens (tertiary/aromatic N) is 4.